The fraction of sp³-hybridized carbons (Fsp3) is 0.0714. The van der Waals surface area contributed by atoms with E-state index in [1.807, 2.05) is 13.0 Å². The molecule has 0 spiro atoms. The quantitative estimate of drug-likeness (QED) is 0.687. The fourth-order valence-electron chi connectivity index (χ4n) is 1.56. The van der Waals surface area contributed by atoms with Crippen LogP contribution >= 0.6 is 31.9 Å². The molecule has 0 aliphatic heterocycles. The van der Waals surface area contributed by atoms with Crippen LogP contribution in [0.4, 0.5) is 4.39 Å². The van der Waals surface area contributed by atoms with Gasteiger partial charge in [0.15, 0.2) is 5.78 Å². The zero-order chi connectivity index (χ0) is 13.3. The summed E-state index contributed by atoms with van der Waals surface area (Å²) in [5.41, 5.74) is 1.56. The summed E-state index contributed by atoms with van der Waals surface area (Å²) in [5.74, 6) is -0.839. The van der Waals surface area contributed by atoms with Gasteiger partial charge in [-0.1, -0.05) is 44.0 Å². The summed E-state index contributed by atoms with van der Waals surface area (Å²) >= 11 is 6.60. The van der Waals surface area contributed by atoms with Gasteiger partial charge < -0.3 is 0 Å². The molecule has 1 nitrogen and oxygen atoms in total. The maximum Gasteiger partial charge on any atom is 0.196 e. The van der Waals surface area contributed by atoms with Crippen molar-refractivity contribution in [1.82, 2.24) is 0 Å². The van der Waals surface area contributed by atoms with Crippen molar-refractivity contribution < 1.29 is 9.18 Å². The minimum Gasteiger partial charge on any atom is -0.288 e. The second kappa shape index (κ2) is 5.33. The lowest BCUT2D eigenvalue weighted by molar-refractivity contribution is 0.103. The lowest BCUT2D eigenvalue weighted by Gasteiger charge is -2.05. The maximum atomic E-state index is 13.6. The van der Waals surface area contributed by atoms with Crippen molar-refractivity contribution in [3.8, 4) is 0 Å². The van der Waals surface area contributed by atoms with Gasteiger partial charge in [0.25, 0.3) is 0 Å². The number of carbonyl (C=O) groups is 1. The van der Waals surface area contributed by atoms with Gasteiger partial charge in [-0.15, -0.1) is 0 Å². The predicted octanol–water partition coefficient (Wildman–Crippen LogP) is 4.89. The van der Waals surface area contributed by atoms with Crippen LogP contribution in [0.1, 0.15) is 21.5 Å². The van der Waals surface area contributed by atoms with Gasteiger partial charge in [-0.2, -0.15) is 0 Å². The number of carbonyl (C=O) groups excluding carboxylic acids is 1. The number of aryl methyl sites for hydroxylation is 1. The lowest BCUT2D eigenvalue weighted by Crippen LogP contribution is -2.04. The third kappa shape index (κ3) is 2.70. The van der Waals surface area contributed by atoms with E-state index in [0.29, 0.717) is 10.0 Å². The molecule has 2 rings (SSSR count). The zero-order valence-corrected chi connectivity index (χ0v) is 12.7. The van der Waals surface area contributed by atoms with Gasteiger partial charge in [0.05, 0.1) is 5.56 Å². The molecule has 0 aromatic heterocycles. The fourth-order valence-corrected chi connectivity index (χ4v) is 2.30. The Morgan fingerprint density at radius 2 is 1.83 bits per heavy atom. The average Bonchev–Trinajstić information content (AvgIpc) is 2.35. The largest absolute Gasteiger partial charge is 0.288 e. The number of hydrogen-bond donors (Lipinski definition) is 0. The van der Waals surface area contributed by atoms with Crippen molar-refractivity contribution in [3.05, 3.63) is 67.9 Å². The van der Waals surface area contributed by atoms with Crippen LogP contribution < -0.4 is 0 Å². The van der Waals surface area contributed by atoms with Crippen LogP contribution in [0.3, 0.4) is 0 Å². The van der Waals surface area contributed by atoms with Gasteiger partial charge >= 0.3 is 0 Å². The summed E-state index contributed by atoms with van der Waals surface area (Å²) in [6, 6.07) is 9.57. The average molecular weight is 372 g/mol. The number of benzene rings is 2. The van der Waals surface area contributed by atoms with Crippen LogP contribution in [0.15, 0.2) is 45.3 Å². The van der Waals surface area contributed by atoms with E-state index in [1.54, 1.807) is 18.2 Å². The molecule has 0 saturated carbocycles. The third-order valence-corrected chi connectivity index (χ3v) is 3.95. The lowest BCUT2D eigenvalue weighted by atomic mass is 10.0. The van der Waals surface area contributed by atoms with E-state index in [-0.39, 0.29) is 11.3 Å². The molecule has 18 heavy (non-hydrogen) atoms. The first-order valence-corrected chi connectivity index (χ1v) is 6.83. The molecular weight excluding hydrogens is 363 g/mol. The molecule has 2 aromatic carbocycles. The van der Waals surface area contributed by atoms with Crippen molar-refractivity contribution in [1.29, 1.82) is 0 Å². The Hall–Kier alpha value is -1.00. The van der Waals surface area contributed by atoms with Crippen LogP contribution in [-0.4, -0.2) is 5.78 Å². The maximum absolute atomic E-state index is 13.6. The predicted molar refractivity (Wildman–Crippen MR) is 76.4 cm³/mol. The van der Waals surface area contributed by atoms with Gasteiger partial charge in [-0.25, -0.2) is 4.39 Å². The summed E-state index contributed by atoms with van der Waals surface area (Å²) in [5, 5.41) is 0. The third-order valence-electron chi connectivity index (χ3n) is 2.61. The monoisotopic (exact) mass is 370 g/mol. The van der Waals surface area contributed by atoms with E-state index < -0.39 is 5.82 Å². The molecule has 4 heteroatoms. The van der Waals surface area contributed by atoms with Crippen molar-refractivity contribution >= 4 is 37.6 Å². The van der Waals surface area contributed by atoms with E-state index >= 15 is 0 Å². The highest BCUT2D eigenvalue weighted by Gasteiger charge is 2.15. The molecule has 0 amide bonds. The molecule has 0 heterocycles. The summed E-state index contributed by atoms with van der Waals surface area (Å²) in [6.45, 7) is 1.93. The van der Waals surface area contributed by atoms with Gasteiger partial charge in [0.2, 0.25) is 0 Å². The normalized spacial score (nSPS) is 10.4. The highest BCUT2D eigenvalue weighted by molar-refractivity contribution is 9.10. The number of rotatable bonds is 2. The summed E-state index contributed by atoms with van der Waals surface area (Å²) in [6.07, 6.45) is 0. The van der Waals surface area contributed by atoms with Crippen molar-refractivity contribution in [3.63, 3.8) is 0 Å². The Bertz CT molecular complexity index is 623. The number of halogens is 3. The first-order valence-electron chi connectivity index (χ1n) is 5.25. The minimum absolute atomic E-state index is 0.0696. The van der Waals surface area contributed by atoms with E-state index in [2.05, 4.69) is 31.9 Å². The highest BCUT2D eigenvalue weighted by atomic mass is 79.9. The minimum atomic E-state index is -0.514. The van der Waals surface area contributed by atoms with E-state index in [0.717, 1.165) is 10.0 Å². The molecule has 0 N–H and O–H groups in total. The molecule has 0 aliphatic carbocycles. The van der Waals surface area contributed by atoms with Crippen LogP contribution in [-0.2, 0) is 0 Å². The van der Waals surface area contributed by atoms with Crippen LogP contribution in [0.5, 0.6) is 0 Å². The summed E-state index contributed by atoms with van der Waals surface area (Å²) in [7, 11) is 0. The van der Waals surface area contributed by atoms with Gasteiger partial charge in [0, 0.05) is 14.5 Å². The topological polar surface area (TPSA) is 17.1 Å². The molecular formula is C14H9Br2FO. The van der Waals surface area contributed by atoms with Crippen LogP contribution in [0.2, 0.25) is 0 Å². The molecule has 2 aromatic rings. The van der Waals surface area contributed by atoms with Crippen molar-refractivity contribution in [2.45, 2.75) is 6.92 Å². The first-order chi connectivity index (χ1) is 8.49. The Morgan fingerprint density at radius 3 is 2.50 bits per heavy atom. The molecule has 0 unspecified atom stereocenters. The second-order valence-electron chi connectivity index (χ2n) is 3.92. The van der Waals surface area contributed by atoms with Gasteiger partial charge in [0.1, 0.15) is 5.82 Å². The zero-order valence-electron chi connectivity index (χ0n) is 9.51. The summed E-state index contributed by atoms with van der Waals surface area (Å²) < 4.78 is 15.1. The Morgan fingerprint density at radius 1 is 1.11 bits per heavy atom. The van der Waals surface area contributed by atoms with Crippen molar-refractivity contribution in [2.24, 2.45) is 0 Å². The van der Waals surface area contributed by atoms with Gasteiger partial charge in [-0.05, 0) is 36.8 Å². The van der Waals surface area contributed by atoms with Crippen LogP contribution in [0.25, 0.3) is 0 Å². The number of hydrogen-bond acceptors (Lipinski definition) is 1. The SMILES string of the molecule is Cc1ccc(C(=O)c2cc(Br)ccc2F)cc1Br. The Labute approximate surface area is 121 Å². The molecule has 92 valence electrons. The Kier molecular flexibility index (Phi) is 3.97. The molecule has 0 bridgehead atoms. The smallest absolute Gasteiger partial charge is 0.196 e. The standard InChI is InChI=1S/C14H9Br2FO/c1-8-2-3-9(6-12(8)16)14(18)11-7-10(15)4-5-13(11)17/h2-7H,1H3. The van der Waals surface area contributed by atoms with Crippen molar-refractivity contribution in [2.75, 3.05) is 0 Å². The summed E-state index contributed by atoms with van der Waals surface area (Å²) in [4.78, 5) is 12.2. The Balaban J connectivity index is 2.47. The van der Waals surface area contributed by atoms with Crippen LogP contribution in [0, 0.1) is 12.7 Å². The number of ketones is 1. The molecule has 0 saturated heterocycles. The van der Waals surface area contributed by atoms with E-state index in [1.165, 1.54) is 12.1 Å². The van der Waals surface area contributed by atoms with Gasteiger partial charge in [-0.3, -0.25) is 4.79 Å². The van der Waals surface area contributed by atoms with E-state index in [4.69, 9.17) is 0 Å². The molecule has 0 atom stereocenters. The van der Waals surface area contributed by atoms with E-state index in [9.17, 15) is 9.18 Å². The molecule has 0 fully saturated rings. The second-order valence-corrected chi connectivity index (χ2v) is 5.69. The molecule has 0 radical (unpaired) electrons. The first kappa shape index (κ1) is 13.4. The molecule has 0 aliphatic rings. The highest BCUT2D eigenvalue weighted by Crippen LogP contribution is 2.22.